The summed E-state index contributed by atoms with van der Waals surface area (Å²) in [7, 11) is 0. The molecule has 166 valence electrons. The van der Waals surface area contributed by atoms with E-state index >= 15 is 0 Å². The highest BCUT2D eigenvalue weighted by molar-refractivity contribution is 5.66. The average molecular weight is 405 g/mol. The second-order valence-electron chi connectivity index (χ2n) is 12.0. The van der Waals surface area contributed by atoms with Gasteiger partial charge in [0.05, 0.1) is 6.10 Å². The standard InChI is InChI=1S/C26H44O3/c1-16(8-11-23(28)29)19-9-10-21-24-17(2)20(12-14-26(19,21)4)25(3)13-6-5-7-18(25)15-22(24)27/h16-22,24,27H,5-15H2,1-4H3,(H,28,29)/t16-,17-,18+,19-,20+,21+,22+,24?,25+,26-/m1/s1. The van der Waals surface area contributed by atoms with Crippen molar-refractivity contribution in [1.82, 2.24) is 0 Å². The molecule has 4 aliphatic carbocycles. The highest BCUT2D eigenvalue weighted by Gasteiger charge is 2.60. The molecule has 4 fully saturated rings. The van der Waals surface area contributed by atoms with Crippen LogP contribution in [0.25, 0.3) is 0 Å². The van der Waals surface area contributed by atoms with Crippen LogP contribution in [0, 0.1) is 52.3 Å². The third-order valence-corrected chi connectivity index (χ3v) is 11.0. The van der Waals surface area contributed by atoms with Gasteiger partial charge in [0, 0.05) is 6.42 Å². The summed E-state index contributed by atoms with van der Waals surface area (Å²) in [6, 6.07) is 0. The molecule has 0 amide bonds. The fraction of sp³-hybridized carbons (Fsp3) is 0.962. The second kappa shape index (κ2) is 7.84. The highest BCUT2D eigenvalue weighted by Crippen LogP contribution is 2.66. The van der Waals surface area contributed by atoms with Crippen molar-refractivity contribution in [1.29, 1.82) is 0 Å². The van der Waals surface area contributed by atoms with Gasteiger partial charge in [-0.25, -0.2) is 0 Å². The molecule has 4 rings (SSSR count). The number of hydrogen-bond donors (Lipinski definition) is 2. The summed E-state index contributed by atoms with van der Waals surface area (Å²) in [4.78, 5) is 11.1. The van der Waals surface area contributed by atoms with Gasteiger partial charge in [0.15, 0.2) is 0 Å². The molecular formula is C26H44O3. The SMILES string of the molecule is C[C@H](CCC(=O)O)[C@H]1CC[C@H]2C3[C@@H](O)C[C@@H]4CCCC[C@]4(C)[C@@H](CC[C@]12C)[C@H]3C. The zero-order valence-electron chi connectivity index (χ0n) is 19.2. The summed E-state index contributed by atoms with van der Waals surface area (Å²) in [6.45, 7) is 9.86. The molecule has 3 nitrogen and oxygen atoms in total. The van der Waals surface area contributed by atoms with Crippen LogP contribution in [0.3, 0.4) is 0 Å². The second-order valence-corrected chi connectivity index (χ2v) is 12.0. The van der Waals surface area contributed by atoms with Crippen LogP contribution in [0.5, 0.6) is 0 Å². The van der Waals surface area contributed by atoms with E-state index in [2.05, 4.69) is 27.7 Å². The van der Waals surface area contributed by atoms with Crippen molar-refractivity contribution in [3.05, 3.63) is 0 Å². The summed E-state index contributed by atoms with van der Waals surface area (Å²) in [5.41, 5.74) is 0.678. The van der Waals surface area contributed by atoms with Gasteiger partial charge >= 0.3 is 5.97 Å². The Kier molecular flexibility index (Phi) is 5.86. The van der Waals surface area contributed by atoms with E-state index in [1.165, 1.54) is 51.4 Å². The van der Waals surface area contributed by atoms with E-state index in [0.29, 0.717) is 47.3 Å². The van der Waals surface area contributed by atoms with Crippen LogP contribution in [0.4, 0.5) is 0 Å². The van der Waals surface area contributed by atoms with E-state index in [-0.39, 0.29) is 11.5 Å². The van der Waals surface area contributed by atoms with Gasteiger partial charge in [0.1, 0.15) is 0 Å². The smallest absolute Gasteiger partial charge is 0.303 e. The molecule has 3 heteroatoms. The van der Waals surface area contributed by atoms with Crippen molar-refractivity contribution in [3.63, 3.8) is 0 Å². The number of fused-ring (bicyclic) bond motifs is 6. The molecule has 0 aliphatic heterocycles. The summed E-state index contributed by atoms with van der Waals surface area (Å²) in [5.74, 6) is 3.52. The molecule has 0 aromatic heterocycles. The lowest BCUT2D eigenvalue weighted by molar-refractivity contribution is -0.137. The summed E-state index contributed by atoms with van der Waals surface area (Å²) >= 11 is 0. The first kappa shape index (κ1) is 21.7. The van der Waals surface area contributed by atoms with Crippen LogP contribution < -0.4 is 0 Å². The predicted octanol–water partition coefficient (Wildman–Crippen LogP) is 6.14. The molecule has 2 bridgehead atoms. The van der Waals surface area contributed by atoms with Gasteiger partial charge in [-0.15, -0.1) is 0 Å². The Morgan fingerprint density at radius 1 is 1.03 bits per heavy atom. The number of carboxylic acids is 1. The summed E-state index contributed by atoms with van der Waals surface area (Å²) in [5, 5.41) is 20.7. The van der Waals surface area contributed by atoms with Crippen molar-refractivity contribution in [3.8, 4) is 0 Å². The zero-order chi connectivity index (χ0) is 21.0. The van der Waals surface area contributed by atoms with Gasteiger partial charge in [0.2, 0.25) is 0 Å². The first-order valence-electron chi connectivity index (χ1n) is 12.6. The number of hydrogen-bond acceptors (Lipinski definition) is 2. The van der Waals surface area contributed by atoms with Crippen molar-refractivity contribution in [2.45, 2.75) is 104 Å². The minimum absolute atomic E-state index is 0.145. The Bertz CT molecular complexity index is 617. The molecule has 0 spiro atoms. The number of aliphatic hydroxyl groups excluding tert-OH is 1. The third-order valence-electron chi connectivity index (χ3n) is 11.0. The number of aliphatic carboxylic acids is 1. The van der Waals surface area contributed by atoms with Crippen LogP contribution in [0.15, 0.2) is 0 Å². The Labute approximate surface area is 178 Å². The normalized spacial score (nSPS) is 50.7. The number of aliphatic hydroxyl groups is 1. The van der Waals surface area contributed by atoms with Crippen LogP contribution in [-0.4, -0.2) is 22.3 Å². The molecule has 2 N–H and O–H groups in total. The van der Waals surface area contributed by atoms with Crippen molar-refractivity contribution in [2.24, 2.45) is 52.3 Å². The molecule has 0 saturated heterocycles. The van der Waals surface area contributed by atoms with Crippen molar-refractivity contribution < 1.29 is 15.0 Å². The largest absolute Gasteiger partial charge is 0.481 e. The van der Waals surface area contributed by atoms with Crippen LogP contribution in [-0.2, 0) is 4.79 Å². The lowest BCUT2D eigenvalue weighted by Gasteiger charge is -2.48. The molecule has 0 aromatic rings. The van der Waals surface area contributed by atoms with E-state index in [9.17, 15) is 15.0 Å². The molecule has 0 aromatic carbocycles. The monoisotopic (exact) mass is 404 g/mol. The topological polar surface area (TPSA) is 57.5 Å². The van der Waals surface area contributed by atoms with Crippen LogP contribution in [0.2, 0.25) is 0 Å². The summed E-state index contributed by atoms with van der Waals surface area (Å²) in [6.07, 6.45) is 12.4. The van der Waals surface area contributed by atoms with Crippen molar-refractivity contribution >= 4 is 5.97 Å². The quantitative estimate of drug-likeness (QED) is 0.591. The van der Waals surface area contributed by atoms with Crippen molar-refractivity contribution in [2.75, 3.05) is 0 Å². The third kappa shape index (κ3) is 3.48. The average Bonchev–Trinajstić information content (AvgIpc) is 2.89. The van der Waals surface area contributed by atoms with Crippen LogP contribution >= 0.6 is 0 Å². The summed E-state index contributed by atoms with van der Waals surface area (Å²) < 4.78 is 0. The molecule has 0 heterocycles. The van der Waals surface area contributed by atoms with Gasteiger partial charge in [0.25, 0.3) is 0 Å². The first-order chi connectivity index (χ1) is 13.7. The van der Waals surface area contributed by atoms with Crippen LogP contribution in [0.1, 0.15) is 98.3 Å². The van der Waals surface area contributed by atoms with Gasteiger partial charge in [-0.05, 0) is 104 Å². The van der Waals surface area contributed by atoms with E-state index < -0.39 is 5.97 Å². The molecule has 0 radical (unpaired) electrons. The number of carbonyl (C=O) groups is 1. The fourth-order valence-corrected chi connectivity index (χ4v) is 9.45. The fourth-order valence-electron chi connectivity index (χ4n) is 9.45. The molecular weight excluding hydrogens is 360 g/mol. The molecule has 10 atom stereocenters. The lowest BCUT2D eigenvalue weighted by Crippen LogP contribution is -2.40. The maximum absolute atomic E-state index is 11.5. The lowest BCUT2D eigenvalue weighted by atomic mass is 9.57. The predicted molar refractivity (Wildman–Crippen MR) is 116 cm³/mol. The molecule has 4 aliphatic rings. The van der Waals surface area contributed by atoms with Gasteiger partial charge in [-0.1, -0.05) is 40.5 Å². The zero-order valence-corrected chi connectivity index (χ0v) is 19.2. The first-order valence-corrected chi connectivity index (χ1v) is 12.6. The Balaban J connectivity index is 1.64. The minimum Gasteiger partial charge on any atom is -0.481 e. The van der Waals surface area contributed by atoms with Gasteiger partial charge < -0.3 is 10.2 Å². The molecule has 4 saturated carbocycles. The number of carboxylic acid groups (broad SMARTS) is 1. The van der Waals surface area contributed by atoms with E-state index in [1.807, 2.05) is 0 Å². The van der Waals surface area contributed by atoms with E-state index in [4.69, 9.17) is 0 Å². The minimum atomic E-state index is -0.662. The Morgan fingerprint density at radius 2 is 1.79 bits per heavy atom. The Hall–Kier alpha value is -0.570. The maximum Gasteiger partial charge on any atom is 0.303 e. The van der Waals surface area contributed by atoms with Gasteiger partial charge in [-0.2, -0.15) is 0 Å². The maximum atomic E-state index is 11.5. The number of rotatable bonds is 4. The van der Waals surface area contributed by atoms with Gasteiger partial charge in [-0.3, -0.25) is 4.79 Å². The Morgan fingerprint density at radius 3 is 2.52 bits per heavy atom. The molecule has 1 unspecified atom stereocenters. The van der Waals surface area contributed by atoms with E-state index in [0.717, 1.165) is 18.8 Å². The molecule has 29 heavy (non-hydrogen) atoms. The van der Waals surface area contributed by atoms with E-state index in [1.54, 1.807) is 0 Å². The highest BCUT2D eigenvalue weighted by atomic mass is 16.4.